The molecule has 5 nitrogen and oxygen atoms in total. The highest BCUT2D eigenvalue weighted by Crippen LogP contribution is 2.17. The number of aryl methyl sites for hydroxylation is 1. The van der Waals surface area contributed by atoms with E-state index in [-0.39, 0.29) is 5.56 Å². The van der Waals surface area contributed by atoms with Crippen molar-refractivity contribution < 1.29 is 14.6 Å². The number of imidazole rings is 1. The monoisotopic (exact) mass is 306 g/mol. The van der Waals surface area contributed by atoms with Crippen LogP contribution in [0.3, 0.4) is 0 Å². The van der Waals surface area contributed by atoms with Crippen molar-refractivity contribution in [1.82, 2.24) is 9.55 Å². The Hall–Kier alpha value is -1.95. The summed E-state index contributed by atoms with van der Waals surface area (Å²) >= 11 is 1.74. The van der Waals surface area contributed by atoms with Gasteiger partial charge in [-0.15, -0.1) is 0 Å². The molecular weight excluding hydrogens is 288 g/mol. The number of unbranched alkanes of at least 4 members (excludes halogenated alkanes) is 1. The lowest BCUT2D eigenvalue weighted by Gasteiger charge is -2.06. The number of aromatic carboxylic acids is 1. The topological polar surface area (TPSA) is 64.4 Å². The molecule has 0 amide bonds. The van der Waals surface area contributed by atoms with E-state index in [4.69, 9.17) is 9.84 Å². The molecule has 0 aliphatic carbocycles. The van der Waals surface area contributed by atoms with Gasteiger partial charge in [0.1, 0.15) is 5.75 Å². The minimum Gasteiger partial charge on any atom is -0.494 e. The van der Waals surface area contributed by atoms with Crippen LogP contribution in [0, 0.1) is 0 Å². The average Bonchev–Trinajstić information content (AvgIpc) is 2.88. The summed E-state index contributed by atoms with van der Waals surface area (Å²) in [5.74, 6) is 0.788. The third kappa shape index (κ3) is 4.82. The fourth-order valence-corrected chi connectivity index (χ4v) is 2.67. The van der Waals surface area contributed by atoms with Gasteiger partial charge in [-0.2, -0.15) is 0 Å². The standard InChI is InChI=1S/C15H18N2O3S/c1-17-9-8-16-15(17)21-11-3-2-10-20-13-6-4-12(5-7-13)14(18)19/h4-9H,2-3,10-11H2,1H3,(H,18,19). The average molecular weight is 306 g/mol. The molecule has 0 bridgehead atoms. The summed E-state index contributed by atoms with van der Waals surface area (Å²) < 4.78 is 7.58. The highest BCUT2D eigenvalue weighted by molar-refractivity contribution is 7.99. The number of carbonyl (C=O) groups is 1. The molecule has 0 radical (unpaired) electrons. The number of thioether (sulfide) groups is 1. The van der Waals surface area contributed by atoms with Gasteiger partial charge in [-0.3, -0.25) is 0 Å². The molecule has 0 atom stereocenters. The Bertz CT molecular complexity index is 581. The minimum absolute atomic E-state index is 0.272. The van der Waals surface area contributed by atoms with E-state index in [9.17, 15) is 4.79 Å². The third-order valence-electron chi connectivity index (χ3n) is 2.92. The molecular formula is C15H18N2O3S. The van der Waals surface area contributed by atoms with Crippen LogP contribution in [0.15, 0.2) is 41.8 Å². The molecule has 0 fully saturated rings. The van der Waals surface area contributed by atoms with E-state index in [1.807, 2.05) is 17.8 Å². The minimum atomic E-state index is -0.923. The van der Waals surface area contributed by atoms with Gasteiger partial charge in [0, 0.05) is 25.2 Å². The van der Waals surface area contributed by atoms with E-state index in [1.54, 1.807) is 42.2 Å². The molecule has 0 spiro atoms. The largest absolute Gasteiger partial charge is 0.494 e. The molecule has 1 N–H and O–H groups in total. The van der Waals surface area contributed by atoms with E-state index in [0.29, 0.717) is 12.4 Å². The first-order chi connectivity index (χ1) is 10.2. The van der Waals surface area contributed by atoms with Crippen LogP contribution in [0.1, 0.15) is 23.2 Å². The summed E-state index contributed by atoms with van der Waals surface area (Å²) in [5, 5.41) is 9.82. The number of hydrogen-bond donors (Lipinski definition) is 1. The second-order valence-electron chi connectivity index (χ2n) is 4.55. The second-order valence-corrected chi connectivity index (χ2v) is 5.62. The molecule has 1 aromatic carbocycles. The fourth-order valence-electron chi connectivity index (χ4n) is 1.74. The molecule has 1 aromatic heterocycles. The van der Waals surface area contributed by atoms with Gasteiger partial charge in [-0.05, 0) is 37.1 Å². The second kappa shape index (κ2) is 7.73. The number of hydrogen-bond acceptors (Lipinski definition) is 4. The Balaban J connectivity index is 1.61. The zero-order valence-electron chi connectivity index (χ0n) is 11.9. The van der Waals surface area contributed by atoms with Crippen LogP contribution in [0.4, 0.5) is 0 Å². The molecule has 0 aliphatic rings. The molecule has 1 heterocycles. The maximum atomic E-state index is 10.7. The molecule has 2 rings (SSSR count). The van der Waals surface area contributed by atoms with Gasteiger partial charge in [0.25, 0.3) is 0 Å². The van der Waals surface area contributed by atoms with Gasteiger partial charge in [-0.25, -0.2) is 9.78 Å². The van der Waals surface area contributed by atoms with Crippen LogP contribution in [0.25, 0.3) is 0 Å². The number of nitrogens with zero attached hydrogens (tertiary/aromatic N) is 2. The Morgan fingerprint density at radius 1 is 1.33 bits per heavy atom. The number of rotatable bonds is 8. The maximum absolute atomic E-state index is 10.7. The van der Waals surface area contributed by atoms with E-state index in [1.165, 1.54) is 0 Å². The van der Waals surface area contributed by atoms with Crippen LogP contribution in [-0.2, 0) is 7.05 Å². The summed E-state index contributed by atoms with van der Waals surface area (Å²) in [6.45, 7) is 0.632. The smallest absolute Gasteiger partial charge is 0.335 e. The first-order valence-electron chi connectivity index (χ1n) is 6.73. The van der Waals surface area contributed by atoms with Crippen LogP contribution < -0.4 is 4.74 Å². The van der Waals surface area contributed by atoms with Crippen molar-refractivity contribution in [2.24, 2.45) is 7.05 Å². The van der Waals surface area contributed by atoms with Crippen molar-refractivity contribution in [3.8, 4) is 5.75 Å². The highest BCUT2D eigenvalue weighted by Gasteiger charge is 2.02. The van der Waals surface area contributed by atoms with E-state index in [0.717, 1.165) is 23.8 Å². The van der Waals surface area contributed by atoms with Crippen LogP contribution in [0.2, 0.25) is 0 Å². The first-order valence-corrected chi connectivity index (χ1v) is 7.71. The van der Waals surface area contributed by atoms with Crippen LogP contribution in [-0.4, -0.2) is 33.0 Å². The Kier molecular flexibility index (Phi) is 5.68. The predicted octanol–water partition coefficient (Wildman–Crippen LogP) is 3.07. The van der Waals surface area contributed by atoms with Crippen molar-refractivity contribution in [3.05, 3.63) is 42.2 Å². The number of carboxylic acid groups (broad SMARTS) is 1. The van der Waals surface area contributed by atoms with Crippen molar-refractivity contribution in [2.75, 3.05) is 12.4 Å². The summed E-state index contributed by atoms with van der Waals surface area (Å²) in [6.07, 6.45) is 5.74. The van der Waals surface area contributed by atoms with Crippen molar-refractivity contribution in [3.63, 3.8) is 0 Å². The molecule has 0 saturated carbocycles. The maximum Gasteiger partial charge on any atom is 0.335 e. The zero-order chi connectivity index (χ0) is 15.1. The lowest BCUT2D eigenvalue weighted by Crippen LogP contribution is -2.00. The van der Waals surface area contributed by atoms with E-state index in [2.05, 4.69) is 4.98 Å². The van der Waals surface area contributed by atoms with E-state index >= 15 is 0 Å². The van der Waals surface area contributed by atoms with Gasteiger partial charge >= 0.3 is 5.97 Å². The van der Waals surface area contributed by atoms with Crippen molar-refractivity contribution in [1.29, 1.82) is 0 Å². The number of aromatic nitrogens is 2. The van der Waals surface area contributed by atoms with Gasteiger partial charge in [0.15, 0.2) is 5.16 Å². The van der Waals surface area contributed by atoms with Crippen molar-refractivity contribution in [2.45, 2.75) is 18.0 Å². The summed E-state index contributed by atoms with van der Waals surface area (Å²) in [5.41, 5.74) is 0.272. The van der Waals surface area contributed by atoms with Gasteiger partial charge < -0.3 is 14.4 Å². The van der Waals surface area contributed by atoms with Crippen LogP contribution >= 0.6 is 11.8 Å². The SMILES string of the molecule is Cn1ccnc1SCCCCOc1ccc(C(=O)O)cc1. The molecule has 21 heavy (non-hydrogen) atoms. The molecule has 2 aromatic rings. The number of benzene rings is 1. The fraction of sp³-hybridized carbons (Fsp3) is 0.333. The third-order valence-corrected chi connectivity index (χ3v) is 4.06. The summed E-state index contributed by atoms with van der Waals surface area (Å²) in [4.78, 5) is 15.0. The Labute approximate surface area is 128 Å². The van der Waals surface area contributed by atoms with Crippen LogP contribution in [0.5, 0.6) is 5.75 Å². The highest BCUT2D eigenvalue weighted by atomic mass is 32.2. The molecule has 6 heteroatoms. The zero-order valence-corrected chi connectivity index (χ0v) is 12.7. The van der Waals surface area contributed by atoms with E-state index < -0.39 is 5.97 Å². The quantitative estimate of drug-likeness (QED) is 0.600. The summed E-state index contributed by atoms with van der Waals surface area (Å²) in [6, 6.07) is 6.47. The molecule has 112 valence electrons. The lowest BCUT2D eigenvalue weighted by atomic mass is 10.2. The Morgan fingerprint density at radius 3 is 2.71 bits per heavy atom. The predicted molar refractivity (Wildman–Crippen MR) is 82.1 cm³/mol. The van der Waals surface area contributed by atoms with Gasteiger partial charge in [0.2, 0.25) is 0 Å². The summed E-state index contributed by atoms with van der Waals surface area (Å²) in [7, 11) is 1.99. The first kappa shape index (κ1) is 15.4. The van der Waals surface area contributed by atoms with Gasteiger partial charge in [0.05, 0.1) is 12.2 Å². The number of ether oxygens (including phenoxy) is 1. The number of carboxylic acids is 1. The molecule has 0 aliphatic heterocycles. The molecule has 0 saturated heterocycles. The van der Waals surface area contributed by atoms with Gasteiger partial charge in [-0.1, -0.05) is 11.8 Å². The lowest BCUT2D eigenvalue weighted by molar-refractivity contribution is 0.0697. The normalized spacial score (nSPS) is 10.5. The van der Waals surface area contributed by atoms with Crippen molar-refractivity contribution >= 4 is 17.7 Å². The Morgan fingerprint density at radius 2 is 2.10 bits per heavy atom. The molecule has 0 unspecified atom stereocenters.